The summed E-state index contributed by atoms with van der Waals surface area (Å²) in [4.78, 5) is 5.14. The van der Waals surface area contributed by atoms with Crippen molar-refractivity contribution in [2.45, 2.75) is 38.5 Å². The molecule has 2 aliphatic rings. The normalized spacial score (nSPS) is 14.4. The number of rotatable bonds is 5. The topological polar surface area (TPSA) is 11.4 Å². The van der Waals surface area contributed by atoms with Crippen LogP contribution in [0.4, 0.5) is 34.1 Å². The van der Waals surface area contributed by atoms with Crippen molar-refractivity contribution >= 4 is 121 Å². The predicted molar refractivity (Wildman–Crippen MR) is 353 cm³/mol. The Labute approximate surface area is 481 Å². The Hall–Kier alpha value is -10.2. The van der Waals surface area contributed by atoms with E-state index < -0.39 is 0 Å². The average molecular weight is 1060 g/mol. The average Bonchev–Trinajstić information content (AvgIpc) is 2.14. The van der Waals surface area contributed by atoms with E-state index in [2.05, 4.69) is 303 Å². The van der Waals surface area contributed by atoms with Gasteiger partial charge >= 0.3 is 0 Å². The summed E-state index contributed by atoms with van der Waals surface area (Å²) in [5.41, 5.74) is 20.6. The summed E-state index contributed by atoms with van der Waals surface area (Å²) in [6.07, 6.45) is 0. The van der Waals surface area contributed by atoms with Crippen molar-refractivity contribution in [1.29, 1.82) is 0 Å². The van der Waals surface area contributed by atoms with E-state index in [9.17, 15) is 0 Å². The second-order valence-electron chi connectivity index (χ2n) is 24.2. The van der Waals surface area contributed by atoms with E-state index in [0.717, 1.165) is 5.69 Å². The number of nitrogens with zero attached hydrogens (tertiary/aromatic N) is 3. The van der Waals surface area contributed by atoms with Crippen LogP contribution in [0.2, 0.25) is 0 Å². The molecule has 18 rings (SSSR count). The Bertz CT molecular complexity index is 5230. The van der Waals surface area contributed by atoms with Crippen molar-refractivity contribution in [3.8, 4) is 27.9 Å². The number of hydrogen-bond donors (Lipinski definition) is 0. The molecule has 0 fully saturated rings. The molecule has 0 bridgehead atoms. The third-order valence-corrected chi connectivity index (χ3v) is 19.4. The largest absolute Gasteiger partial charge is 0.309 e. The number of para-hydroxylation sites is 5. The van der Waals surface area contributed by atoms with Gasteiger partial charge in [0, 0.05) is 38.1 Å². The Morgan fingerprint density at radius 3 is 1.13 bits per heavy atom. The van der Waals surface area contributed by atoms with Gasteiger partial charge in [0.1, 0.15) is 0 Å². The predicted octanol–water partition coefficient (Wildman–Crippen LogP) is 22.1. The molecule has 16 aromatic rings. The highest BCUT2D eigenvalue weighted by Gasteiger charge is 2.40. The molecule has 3 heterocycles. The van der Waals surface area contributed by atoms with E-state index in [1.54, 1.807) is 0 Å². The molecule has 1 aromatic heterocycles. The number of hydrogen-bond acceptors (Lipinski definition) is 2. The Kier molecular flexibility index (Phi) is 9.36. The molecule has 390 valence electrons. The molecule has 3 nitrogen and oxygen atoms in total. The summed E-state index contributed by atoms with van der Waals surface area (Å²) in [6.45, 7) is 9.57. The van der Waals surface area contributed by atoms with Gasteiger partial charge < -0.3 is 14.4 Å². The molecule has 0 saturated carbocycles. The molecule has 2 aliphatic heterocycles. The molecule has 3 heteroatoms. The van der Waals surface area contributed by atoms with Crippen LogP contribution >= 0.6 is 0 Å². The molecule has 0 atom stereocenters. The molecule has 83 heavy (non-hydrogen) atoms. The molecule has 0 unspecified atom stereocenters. The number of benzene rings is 13. The fraction of sp³-hybridized carbons (Fsp3) is 0.0750. The van der Waals surface area contributed by atoms with Crippen LogP contribution in [0.25, 0.3) is 114 Å². The third-order valence-electron chi connectivity index (χ3n) is 19.4. The molecular weight excluding hydrogens is 1000 g/mol. The molecular formula is C80H55N3. The van der Waals surface area contributed by atoms with Crippen LogP contribution in [-0.4, -0.2) is 4.57 Å². The Balaban J connectivity index is 0.961. The van der Waals surface area contributed by atoms with Crippen LogP contribution in [0.15, 0.2) is 261 Å². The maximum Gasteiger partial charge on any atom is 0.0562 e. The van der Waals surface area contributed by atoms with Gasteiger partial charge in [-0.05, 0) is 159 Å². The summed E-state index contributed by atoms with van der Waals surface area (Å²) in [6, 6.07) is 98.5. The van der Waals surface area contributed by atoms with E-state index in [1.165, 1.54) is 165 Å². The van der Waals surface area contributed by atoms with Crippen molar-refractivity contribution in [2.24, 2.45) is 0 Å². The highest BCUT2D eigenvalue weighted by atomic mass is 15.2. The van der Waals surface area contributed by atoms with Gasteiger partial charge in [-0.1, -0.05) is 228 Å². The van der Waals surface area contributed by atoms with Gasteiger partial charge in [0.2, 0.25) is 0 Å². The van der Waals surface area contributed by atoms with Crippen LogP contribution in [0, 0.1) is 0 Å². The van der Waals surface area contributed by atoms with Gasteiger partial charge in [-0.2, -0.15) is 0 Å². The zero-order chi connectivity index (χ0) is 55.0. The molecule has 0 saturated heterocycles. The summed E-state index contributed by atoms with van der Waals surface area (Å²) >= 11 is 0. The quantitative estimate of drug-likeness (QED) is 0.170. The van der Waals surface area contributed by atoms with Gasteiger partial charge in [0.05, 0.1) is 45.2 Å². The lowest BCUT2D eigenvalue weighted by Crippen LogP contribution is -2.30. The summed E-state index contributed by atoms with van der Waals surface area (Å²) in [5, 5.41) is 17.9. The number of aromatic nitrogens is 1. The van der Waals surface area contributed by atoms with Crippen LogP contribution < -0.4 is 9.80 Å². The first-order valence-electron chi connectivity index (χ1n) is 29.3. The molecule has 0 N–H and O–H groups in total. The minimum atomic E-state index is -0.285. The second-order valence-corrected chi connectivity index (χ2v) is 24.2. The smallest absolute Gasteiger partial charge is 0.0562 e. The van der Waals surface area contributed by atoms with Gasteiger partial charge in [0.15, 0.2) is 0 Å². The second kappa shape index (κ2) is 16.7. The Morgan fingerprint density at radius 2 is 0.627 bits per heavy atom. The van der Waals surface area contributed by atoms with Crippen LogP contribution in [0.3, 0.4) is 0 Å². The maximum absolute atomic E-state index is 2.60. The van der Waals surface area contributed by atoms with Crippen molar-refractivity contribution in [3.05, 3.63) is 283 Å². The fourth-order valence-electron chi connectivity index (χ4n) is 15.8. The zero-order valence-electron chi connectivity index (χ0n) is 46.7. The number of anilines is 6. The standard InChI is InChI=1S/C80H55N3/c1-79(2)59-35-15-19-39-66(59)82(67-40-20-16-36-60(67)79)64-44-42-56-73-52(64)31-22-33-54(73)75-71(48-24-8-5-9-25-48)78-57-43-45-65(53-32-23-34-55(74(53)57)76(78)72(77(56)75)49-26-10-6-11-27-49)83-68-41-21-17-37-61(68)80(3,4)62-46-58-51-30-14-18-38-63(51)81(69(58)47-70(62)83)50-28-12-7-13-29-50/h5-47H,1-4H3. The van der Waals surface area contributed by atoms with Crippen LogP contribution in [0.1, 0.15) is 49.9 Å². The highest BCUT2D eigenvalue weighted by Crippen LogP contribution is 2.61. The van der Waals surface area contributed by atoms with Gasteiger partial charge in [-0.3, -0.25) is 0 Å². The molecule has 0 radical (unpaired) electrons. The maximum atomic E-state index is 2.60. The number of fused-ring (bicyclic) bond motifs is 13. The first kappa shape index (κ1) is 46.5. The van der Waals surface area contributed by atoms with E-state index in [0.29, 0.717) is 0 Å². The molecule has 0 spiro atoms. The summed E-state index contributed by atoms with van der Waals surface area (Å²) in [5.74, 6) is 0. The van der Waals surface area contributed by atoms with E-state index in [1.807, 2.05) is 0 Å². The van der Waals surface area contributed by atoms with Gasteiger partial charge in [0.25, 0.3) is 0 Å². The van der Waals surface area contributed by atoms with E-state index in [4.69, 9.17) is 0 Å². The minimum absolute atomic E-state index is 0.165. The summed E-state index contributed by atoms with van der Waals surface area (Å²) in [7, 11) is 0. The third kappa shape index (κ3) is 6.08. The fourth-order valence-corrected chi connectivity index (χ4v) is 15.8. The minimum Gasteiger partial charge on any atom is -0.309 e. The Morgan fingerprint density at radius 1 is 0.241 bits per heavy atom. The lowest BCUT2D eigenvalue weighted by Gasteiger charge is -2.42. The monoisotopic (exact) mass is 1060 g/mol. The van der Waals surface area contributed by atoms with E-state index >= 15 is 0 Å². The van der Waals surface area contributed by atoms with Crippen molar-refractivity contribution < 1.29 is 0 Å². The molecule has 15 aromatic carbocycles. The highest BCUT2D eigenvalue weighted by molar-refractivity contribution is 6.47. The summed E-state index contributed by atoms with van der Waals surface area (Å²) < 4.78 is 2.46. The van der Waals surface area contributed by atoms with Crippen molar-refractivity contribution in [2.75, 3.05) is 9.80 Å². The van der Waals surface area contributed by atoms with Crippen LogP contribution in [-0.2, 0) is 10.8 Å². The first-order valence-corrected chi connectivity index (χ1v) is 29.3. The van der Waals surface area contributed by atoms with Gasteiger partial charge in [-0.15, -0.1) is 0 Å². The van der Waals surface area contributed by atoms with Crippen molar-refractivity contribution in [3.63, 3.8) is 0 Å². The first-order chi connectivity index (χ1) is 40.8. The lowest BCUT2D eigenvalue weighted by molar-refractivity contribution is 0.632. The van der Waals surface area contributed by atoms with E-state index in [-0.39, 0.29) is 10.8 Å². The zero-order valence-corrected chi connectivity index (χ0v) is 46.7. The van der Waals surface area contributed by atoms with Gasteiger partial charge in [-0.25, -0.2) is 0 Å². The molecule has 0 aliphatic carbocycles. The molecule has 0 amide bonds. The SMILES string of the molecule is CC1(C)c2ccccc2N(c2ccc3c4c(-c5ccccc5)c5c6cccc7c(N8c9ccccc9C(C)(C)c9cc%10c%11ccccc%11n(-c%11ccccc%11)c%10cc98)ccc(c5c(-c5ccccc5)c4c4cccc2c34)c76)c2ccccc21. The lowest BCUT2D eigenvalue weighted by atomic mass is 9.73. The van der Waals surface area contributed by atoms with Crippen molar-refractivity contribution in [1.82, 2.24) is 4.57 Å². The van der Waals surface area contributed by atoms with Crippen LogP contribution in [0.5, 0.6) is 0 Å².